The van der Waals surface area contributed by atoms with E-state index in [1.54, 1.807) is 6.07 Å². The molecule has 1 amide bonds. The van der Waals surface area contributed by atoms with E-state index in [2.05, 4.69) is 10.3 Å². The van der Waals surface area contributed by atoms with Gasteiger partial charge in [-0.15, -0.1) is 0 Å². The van der Waals surface area contributed by atoms with E-state index in [0.29, 0.717) is 22.7 Å². The smallest absolute Gasteiger partial charge is 0.276 e. The molecule has 0 saturated heterocycles. The Morgan fingerprint density at radius 1 is 1.17 bits per heavy atom. The number of nitrogens with one attached hydrogen (secondary N) is 1. The Labute approximate surface area is 147 Å². The first-order valence-electron chi connectivity index (χ1n) is 6.69. The van der Waals surface area contributed by atoms with Crippen LogP contribution in [-0.4, -0.2) is 14.7 Å². The number of benzene rings is 2. The number of hydrogen-bond acceptors (Lipinski definition) is 3. The SMILES string of the molecule is Cc1ccc(-c2nc3ccccc3o2)cc1NC(=O)C(Cl)(Cl)Cl. The number of carbonyl (C=O) groups excluding carboxylic acids is 1. The van der Waals surface area contributed by atoms with Gasteiger partial charge >= 0.3 is 0 Å². The number of para-hydroxylation sites is 2. The molecule has 1 N–H and O–H groups in total. The molecule has 0 fully saturated rings. The average molecular weight is 370 g/mol. The zero-order valence-electron chi connectivity index (χ0n) is 11.9. The predicted molar refractivity (Wildman–Crippen MR) is 93.1 cm³/mol. The van der Waals surface area contributed by atoms with E-state index in [0.717, 1.165) is 11.1 Å². The number of alkyl halides is 3. The fraction of sp³-hybridized carbons (Fsp3) is 0.125. The first-order chi connectivity index (χ1) is 10.8. The Hall–Kier alpha value is -1.75. The molecule has 0 bridgehead atoms. The fourth-order valence-corrected chi connectivity index (χ4v) is 2.22. The Morgan fingerprint density at radius 2 is 1.91 bits per heavy atom. The maximum Gasteiger partial charge on any atom is 0.276 e. The minimum absolute atomic E-state index is 0.454. The van der Waals surface area contributed by atoms with Crippen molar-refractivity contribution in [2.75, 3.05) is 5.32 Å². The van der Waals surface area contributed by atoms with Crippen molar-refractivity contribution in [2.45, 2.75) is 10.7 Å². The number of aryl methyl sites for hydroxylation is 1. The number of oxazole rings is 1. The Balaban J connectivity index is 1.98. The van der Waals surface area contributed by atoms with Gasteiger partial charge in [-0.2, -0.15) is 0 Å². The molecule has 1 aromatic heterocycles. The molecule has 4 nitrogen and oxygen atoms in total. The highest BCUT2D eigenvalue weighted by atomic mass is 35.6. The van der Waals surface area contributed by atoms with Crippen molar-refractivity contribution in [3.8, 4) is 11.5 Å². The first kappa shape index (κ1) is 16.1. The second-order valence-corrected chi connectivity index (χ2v) is 7.25. The summed E-state index contributed by atoms with van der Waals surface area (Å²) in [7, 11) is 0. The Kier molecular flexibility index (Phi) is 4.23. The zero-order chi connectivity index (χ0) is 16.6. The van der Waals surface area contributed by atoms with Crippen molar-refractivity contribution in [3.63, 3.8) is 0 Å². The van der Waals surface area contributed by atoms with E-state index in [9.17, 15) is 4.79 Å². The van der Waals surface area contributed by atoms with Crippen LogP contribution in [0.3, 0.4) is 0 Å². The summed E-state index contributed by atoms with van der Waals surface area (Å²) < 4.78 is 3.69. The Morgan fingerprint density at radius 3 is 2.61 bits per heavy atom. The third-order valence-electron chi connectivity index (χ3n) is 3.28. The van der Waals surface area contributed by atoms with Gasteiger partial charge in [0.2, 0.25) is 5.89 Å². The average Bonchev–Trinajstić information content (AvgIpc) is 2.92. The van der Waals surface area contributed by atoms with E-state index in [-0.39, 0.29) is 0 Å². The quantitative estimate of drug-likeness (QED) is 0.638. The van der Waals surface area contributed by atoms with E-state index >= 15 is 0 Å². The lowest BCUT2D eigenvalue weighted by Gasteiger charge is -2.13. The van der Waals surface area contributed by atoms with Crippen LogP contribution in [0.25, 0.3) is 22.6 Å². The predicted octanol–water partition coefficient (Wildman–Crippen LogP) is 5.11. The van der Waals surface area contributed by atoms with Crippen molar-refractivity contribution in [1.29, 1.82) is 0 Å². The maximum absolute atomic E-state index is 11.8. The molecule has 0 aliphatic heterocycles. The van der Waals surface area contributed by atoms with Crippen molar-refractivity contribution >= 4 is 57.5 Å². The number of aromatic nitrogens is 1. The van der Waals surface area contributed by atoms with Crippen LogP contribution in [0, 0.1) is 6.92 Å². The molecule has 118 valence electrons. The van der Waals surface area contributed by atoms with Gasteiger partial charge in [-0.1, -0.05) is 53.0 Å². The summed E-state index contributed by atoms with van der Waals surface area (Å²) in [6, 6.07) is 12.9. The molecule has 2 aromatic carbocycles. The summed E-state index contributed by atoms with van der Waals surface area (Å²) >= 11 is 16.8. The molecule has 23 heavy (non-hydrogen) atoms. The lowest BCUT2D eigenvalue weighted by atomic mass is 10.1. The third-order valence-corrected chi connectivity index (χ3v) is 3.80. The van der Waals surface area contributed by atoms with Crippen LogP contribution in [0.2, 0.25) is 0 Å². The normalized spacial score (nSPS) is 11.7. The second kappa shape index (κ2) is 6.04. The molecule has 0 aliphatic carbocycles. The number of nitrogens with zero attached hydrogens (tertiary/aromatic N) is 1. The van der Waals surface area contributed by atoms with E-state index in [1.807, 2.05) is 43.3 Å². The molecule has 7 heteroatoms. The highest BCUT2D eigenvalue weighted by Gasteiger charge is 2.31. The molecule has 0 radical (unpaired) electrons. The number of halogens is 3. The zero-order valence-corrected chi connectivity index (χ0v) is 14.2. The van der Waals surface area contributed by atoms with Crippen LogP contribution < -0.4 is 5.32 Å². The van der Waals surface area contributed by atoms with Crippen LogP contribution in [0.1, 0.15) is 5.56 Å². The minimum atomic E-state index is -2.03. The number of hydrogen-bond donors (Lipinski definition) is 1. The van der Waals surface area contributed by atoms with E-state index < -0.39 is 9.70 Å². The van der Waals surface area contributed by atoms with Gasteiger partial charge in [0, 0.05) is 11.3 Å². The van der Waals surface area contributed by atoms with Gasteiger partial charge in [-0.05, 0) is 36.8 Å². The summed E-state index contributed by atoms with van der Waals surface area (Å²) in [6.07, 6.45) is 0. The van der Waals surface area contributed by atoms with E-state index in [1.165, 1.54) is 0 Å². The molecule has 0 aliphatic rings. The highest BCUT2D eigenvalue weighted by molar-refractivity contribution is 6.76. The van der Waals surface area contributed by atoms with Crippen molar-refractivity contribution in [3.05, 3.63) is 48.0 Å². The van der Waals surface area contributed by atoms with Crippen LogP contribution in [0.4, 0.5) is 5.69 Å². The number of fused-ring (bicyclic) bond motifs is 1. The molecular weight excluding hydrogens is 359 g/mol. The van der Waals surface area contributed by atoms with Gasteiger partial charge in [0.25, 0.3) is 9.70 Å². The first-order valence-corrected chi connectivity index (χ1v) is 7.83. The summed E-state index contributed by atoms with van der Waals surface area (Å²) in [5.74, 6) is -0.268. The topological polar surface area (TPSA) is 55.1 Å². The van der Waals surface area contributed by atoms with Gasteiger partial charge < -0.3 is 9.73 Å². The van der Waals surface area contributed by atoms with Crippen LogP contribution in [0.15, 0.2) is 46.9 Å². The molecule has 1 heterocycles. The second-order valence-electron chi connectivity index (χ2n) is 4.97. The van der Waals surface area contributed by atoms with Gasteiger partial charge in [-0.3, -0.25) is 4.79 Å². The third kappa shape index (κ3) is 3.44. The summed E-state index contributed by atoms with van der Waals surface area (Å²) in [4.78, 5) is 16.3. The van der Waals surface area contributed by atoms with Crippen LogP contribution in [-0.2, 0) is 4.79 Å². The molecule has 0 spiro atoms. The van der Waals surface area contributed by atoms with Crippen LogP contribution >= 0.6 is 34.8 Å². The molecular formula is C16H11Cl3N2O2. The van der Waals surface area contributed by atoms with Crippen molar-refractivity contribution < 1.29 is 9.21 Å². The van der Waals surface area contributed by atoms with E-state index in [4.69, 9.17) is 39.2 Å². The summed E-state index contributed by atoms with van der Waals surface area (Å²) in [5.41, 5.74) is 3.52. The van der Waals surface area contributed by atoms with Gasteiger partial charge in [0.05, 0.1) is 0 Å². The van der Waals surface area contributed by atoms with Gasteiger partial charge in [0.15, 0.2) is 5.58 Å². The largest absolute Gasteiger partial charge is 0.436 e. The monoisotopic (exact) mass is 368 g/mol. The molecule has 0 unspecified atom stereocenters. The fourth-order valence-electron chi connectivity index (χ4n) is 2.08. The van der Waals surface area contributed by atoms with Gasteiger partial charge in [-0.25, -0.2) is 4.98 Å². The number of rotatable bonds is 2. The molecule has 3 rings (SSSR count). The minimum Gasteiger partial charge on any atom is -0.436 e. The highest BCUT2D eigenvalue weighted by Crippen LogP contribution is 2.31. The maximum atomic E-state index is 11.8. The lowest BCUT2D eigenvalue weighted by Crippen LogP contribution is -2.27. The summed E-state index contributed by atoms with van der Waals surface area (Å²) in [6.45, 7) is 1.84. The number of amides is 1. The van der Waals surface area contributed by atoms with Crippen molar-refractivity contribution in [2.24, 2.45) is 0 Å². The number of carbonyl (C=O) groups is 1. The van der Waals surface area contributed by atoms with Crippen LogP contribution in [0.5, 0.6) is 0 Å². The summed E-state index contributed by atoms with van der Waals surface area (Å²) in [5, 5.41) is 2.59. The van der Waals surface area contributed by atoms with Crippen molar-refractivity contribution in [1.82, 2.24) is 4.98 Å². The molecule has 3 aromatic rings. The molecule has 0 atom stereocenters. The van der Waals surface area contributed by atoms with Gasteiger partial charge in [0.1, 0.15) is 5.52 Å². The molecule has 0 saturated carbocycles. The number of anilines is 1. The lowest BCUT2D eigenvalue weighted by molar-refractivity contribution is -0.115. The standard InChI is InChI=1S/C16H11Cl3N2O2/c1-9-6-7-10(8-12(9)21-15(22)16(17,18)19)14-20-11-4-2-3-5-13(11)23-14/h2-8H,1H3,(H,21,22). The Bertz CT molecular complexity index is 851.